The first kappa shape index (κ1) is 23.4. The summed E-state index contributed by atoms with van der Waals surface area (Å²) in [6.07, 6.45) is 5.65. The highest BCUT2D eigenvalue weighted by Crippen LogP contribution is 2.26. The molecule has 1 atom stereocenters. The Labute approximate surface area is 202 Å². The number of allylic oxidation sites excluding steroid dienone is 2. The van der Waals surface area contributed by atoms with Gasteiger partial charge in [0.15, 0.2) is 4.80 Å². The van der Waals surface area contributed by atoms with Gasteiger partial charge >= 0.3 is 5.97 Å². The number of hydrogen-bond donors (Lipinski definition) is 0. The molecule has 0 aliphatic carbocycles. The van der Waals surface area contributed by atoms with Crippen LogP contribution in [0.3, 0.4) is 0 Å². The Bertz CT molecular complexity index is 1430. The number of aromatic nitrogens is 1. The summed E-state index contributed by atoms with van der Waals surface area (Å²) in [6, 6.07) is 17.2. The van der Waals surface area contributed by atoms with E-state index < -0.39 is 12.0 Å². The van der Waals surface area contributed by atoms with Crippen LogP contribution in [-0.2, 0) is 9.53 Å². The highest BCUT2D eigenvalue weighted by molar-refractivity contribution is 7.07. The van der Waals surface area contributed by atoms with Gasteiger partial charge in [0.25, 0.3) is 5.56 Å². The van der Waals surface area contributed by atoms with E-state index in [2.05, 4.69) is 4.99 Å². The van der Waals surface area contributed by atoms with Gasteiger partial charge < -0.3 is 9.64 Å². The number of anilines is 1. The zero-order valence-electron chi connectivity index (χ0n) is 19.7. The standard InChI is InChI=1S/C27H27N3O3S/c1-5-33-26(32)24-18(2)28-27-30(22(24)16-13-19-9-7-6-8-10-19)25(31)23(34-27)17-20-11-14-21(15-12-20)29(3)4/h6-17,22H,5H2,1-4H3/b16-13+,23-17+/t22-/m1/s1. The quantitative estimate of drug-likeness (QED) is 0.514. The summed E-state index contributed by atoms with van der Waals surface area (Å²) < 4.78 is 7.46. The zero-order valence-corrected chi connectivity index (χ0v) is 20.5. The number of rotatable bonds is 6. The van der Waals surface area contributed by atoms with Gasteiger partial charge in [-0.1, -0.05) is 66.0 Å². The lowest BCUT2D eigenvalue weighted by atomic mass is 10.0. The molecule has 0 saturated heterocycles. The average molecular weight is 474 g/mol. The van der Waals surface area contributed by atoms with Crippen LogP contribution in [0.2, 0.25) is 0 Å². The van der Waals surface area contributed by atoms with Crippen molar-refractivity contribution in [2.45, 2.75) is 19.9 Å². The summed E-state index contributed by atoms with van der Waals surface area (Å²) in [5, 5.41) is 0. The fourth-order valence-electron chi connectivity index (χ4n) is 3.80. The number of carbonyl (C=O) groups excluding carboxylic acids is 1. The van der Waals surface area contributed by atoms with Crippen molar-refractivity contribution in [3.63, 3.8) is 0 Å². The summed E-state index contributed by atoms with van der Waals surface area (Å²) in [4.78, 5) is 33.5. The number of benzene rings is 2. The van der Waals surface area contributed by atoms with E-state index in [4.69, 9.17) is 4.74 Å². The first-order valence-electron chi connectivity index (χ1n) is 11.1. The Kier molecular flexibility index (Phi) is 6.93. The molecule has 174 valence electrons. The third-order valence-corrected chi connectivity index (χ3v) is 6.52. The second kappa shape index (κ2) is 10.1. The van der Waals surface area contributed by atoms with E-state index in [1.807, 2.05) is 91.8 Å². The third-order valence-electron chi connectivity index (χ3n) is 5.54. The number of ether oxygens (including phenoxy) is 1. The molecular formula is C27H27N3O3S. The molecule has 0 spiro atoms. The molecule has 2 heterocycles. The van der Waals surface area contributed by atoms with Crippen LogP contribution in [0.25, 0.3) is 12.2 Å². The van der Waals surface area contributed by atoms with Crippen molar-refractivity contribution in [2.24, 2.45) is 4.99 Å². The molecule has 0 bridgehead atoms. The Balaban J connectivity index is 1.83. The Hall–Kier alpha value is -3.71. The summed E-state index contributed by atoms with van der Waals surface area (Å²) >= 11 is 1.32. The molecule has 1 aliphatic heterocycles. The fraction of sp³-hybridized carbons (Fsp3) is 0.222. The zero-order chi connectivity index (χ0) is 24.2. The maximum Gasteiger partial charge on any atom is 0.338 e. The Morgan fingerprint density at radius 3 is 2.47 bits per heavy atom. The third kappa shape index (κ3) is 4.79. The van der Waals surface area contributed by atoms with Crippen LogP contribution in [0.15, 0.2) is 81.7 Å². The minimum Gasteiger partial charge on any atom is -0.463 e. The van der Waals surface area contributed by atoms with E-state index in [-0.39, 0.29) is 12.2 Å². The molecule has 7 heteroatoms. The second-order valence-electron chi connectivity index (χ2n) is 8.10. The van der Waals surface area contributed by atoms with E-state index >= 15 is 0 Å². The SMILES string of the molecule is CCOC(=O)C1=C(C)N=c2s/c(=C/c3ccc(N(C)C)cc3)c(=O)n2[C@@H]1/C=C/c1ccccc1. The molecule has 3 aromatic rings. The van der Waals surface area contributed by atoms with Crippen LogP contribution in [-0.4, -0.2) is 31.2 Å². The van der Waals surface area contributed by atoms with Gasteiger partial charge in [0.1, 0.15) is 0 Å². The molecule has 4 rings (SSSR count). The average Bonchev–Trinajstić information content (AvgIpc) is 3.12. The van der Waals surface area contributed by atoms with Crippen LogP contribution < -0.4 is 19.8 Å². The Morgan fingerprint density at radius 2 is 1.82 bits per heavy atom. The van der Waals surface area contributed by atoms with Crippen LogP contribution in [0, 0.1) is 0 Å². The molecule has 0 amide bonds. The van der Waals surface area contributed by atoms with Crippen LogP contribution >= 0.6 is 11.3 Å². The number of thiazole rings is 1. The van der Waals surface area contributed by atoms with Gasteiger partial charge in [0.2, 0.25) is 0 Å². The molecule has 0 N–H and O–H groups in total. The van der Waals surface area contributed by atoms with Gasteiger partial charge in [-0.3, -0.25) is 9.36 Å². The monoisotopic (exact) mass is 473 g/mol. The number of nitrogens with zero attached hydrogens (tertiary/aromatic N) is 3. The second-order valence-corrected chi connectivity index (χ2v) is 9.11. The predicted molar refractivity (Wildman–Crippen MR) is 138 cm³/mol. The topological polar surface area (TPSA) is 63.9 Å². The van der Waals surface area contributed by atoms with E-state index in [1.54, 1.807) is 18.4 Å². The maximum absolute atomic E-state index is 13.5. The molecule has 6 nitrogen and oxygen atoms in total. The lowest BCUT2D eigenvalue weighted by Crippen LogP contribution is -2.38. The van der Waals surface area contributed by atoms with E-state index in [0.717, 1.165) is 16.8 Å². The van der Waals surface area contributed by atoms with Crippen molar-refractivity contribution in [3.05, 3.63) is 103 Å². The predicted octanol–water partition coefficient (Wildman–Crippen LogP) is 3.53. The van der Waals surface area contributed by atoms with Crippen molar-refractivity contribution in [2.75, 3.05) is 25.6 Å². The number of esters is 1. The number of fused-ring (bicyclic) bond motifs is 1. The van der Waals surface area contributed by atoms with Crippen molar-refractivity contribution < 1.29 is 9.53 Å². The minimum absolute atomic E-state index is 0.183. The van der Waals surface area contributed by atoms with Gasteiger partial charge in [0.05, 0.1) is 28.5 Å². The smallest absolute Gasteiger partial charge is 0.338 e. The molecule has 1 aliphatic rings. The first-order chi connectivity index (χ1) is 16.4. The molecule has 34 heavy (non-hydrogen) atoms. The van der Waals surface area contributed by atoms with Gasteiger partial charge in [-0.15, -0.1) is 0 Å². The lowest BCUT2D eigenvalue weighted by Gasteiger charge is -2.21. The first-order valence-corrected chi connectivity index (χ1v) is 11.9. The van der Waals surface area contributed by atoms with E-state index in [1.165, 1.54) is 11.3 Å². The lowest BCUT2D eigenvalue weighted by molar-refractivity contribution is -0.139. The molecule has 0 unspecified atom stereocenters. The van der Waals surface area contributed by atoms with Gasteiger partial charge in [-0.25, -0.2) is 9.79 Å². The molecule has 0 saturated carbocycles. The van der Waals surface area contributed by atoms with Crippen LogP contribution in [0.4, 0.5) is 5.69 Å². The molecule has 1 aromatic heterocycles. The van der Waals surface area contributed by atoms with Gasteiger partial charge in [-0.05, 0) is 43.2 Å². The summed E-state index contributed by atoms with van der Waals surface area (Å²) in [7, 11) is 3.97. The highest BCUT2D eigenvalue weighted by Gasteiger charge is 2.30. The van der Waals surface area contributed by atoms with Gasteiger partial charge in [0, 0.05) is 19.8 Å². The molecule has 0 radical (unpaired) electrons. The highest BCUT2D eigenvalue weighted by atomic mass is 32.1. The summed E-state index contributed by atoms with van der Waals surface area (Å²) in [5.74, 6) is -0.458. The van der Waals surface area contributed by atoms with Crippen molar-refractivity contribution >= 4 is 35.1 Å². The van der Waals surface area contributed by atoms with Crippen molar-refractivity contribution in [3.8, 4) is 0 Å². The molecular weight excluding hydrogens is 446 g/mol. The van der Waals surface area contributed by atoms with Crippen LogP contribution in [0.5, 0.6) is 0 Å². The minimum atomic E-state index is -0.603. The fourth-order valence-corrected chi connectivity index (χ4v) is 4.86. The summed E-state index contributed by atoms with van der Waals surface area (Å²) in [5.41, 5.74) is 3.74. The van der Waals surface area contributed by atoms with Gasteiger partial charge in [-0.2, -0.15) is 0 Å². The van der Waals surface area contributed by atoms with Crippen LogP contribution in [0.1, 0.15) is 31.0 Å². The number of hydrogen-bond acceptors (Lipinski definition) is 6. The molecule has 0 fully saturated rings. The van der Waals surface area contributed by atoms with E-state index in [9.17, 15) is 9.59 Å². The van der Waals surface area contributed by atoms with Crippen molar-refractivity contribution in [1.82, 2.24) is 4.57 Å². The normalized spacial score (nSPS) is 15.9. The van der Waals surface area contributed by atoms with E-state index in [0.29, 0.717) is 20.6 Å². The maximum atomic E-state index is 13.5. The Morgan fingerprint density at radius 1 is 1.12 bits per heavy atom. The largest absolute Gasteiger partial charge is 0.463 e. The van der Waals surface area contributed by atoms with Crippen molar-refractivity contribution in [1.29, 1.82) is 0 Å². The summed E-state index contributed by atoms with van der Waals surface area (Å²) in [6.45, 7) is 3.80. The molecule has 2 aromatic carbocycles. The number of carbonyl (C=O) groups is 1.